The van der Waals surface area contributed by atoms with Gasteiger partial charge in [-0.05, 0) is 63.0 Å². The van der Waals surface area contributed by atoms with E-state index in [0.717, 1.165) is 27.6 Å². The normalized spacial score (nSPS) is 10.9. The van der Waals surface area contributed by atoms with Crippen LogP contribution in [0.25, 0.3) is 16.8 Å². The van der Waals surface area contributed by atoms with E-state index < -0.39 is 5.97 Å². The first-order valence-electron chi connectivity index (χ1n) is 8.73. The van der Waals surface area contributed by atoms with Gasteiger partial charge in [-0.2, -0.15) is 11.3 Å². The zero-order chi connectivity index (χ0) is 19.9. The molecule has 1 aromatic heterocycles. The van der Waals surface area contributed by atoms with E-state index >= 15 is 0 Å². The number of nitrogens with zero attached hydrogens (tertiary/aromatic N) is 1. The summed E-state index contributed by atoms with van der Waals surface area (Å²) < 4.78 is 10.3. The Morgan fingerprint density at radius 1 is 1.11 bits per heavy atom. The maximum atomic E-state index is 12.1. The minimum Gasteiger partial charge on any atom is -0.497 e. The maximum absolute atomic E-state index is 12.1. The van der Waals surface area contributed by atoms with Gasteiger partial charge in [0, 0.05) is 19.7 Å². The molecule has 0 aliphatic rings. The molecule has 1 amide bonds. The van der Waals surface area contributed by atoms with E-state index in [-0.39, 0.29) is 12.5 Å². The van der Waals surface area contributed by atoms with Gasteiger partial charge in [0.25, 0.3) is 5.91 Å². The van der Waals surface area contributed by atoms with Gasteiger partial charge in [0.2, 0.25) is 0 Å². The van der Waals surface area contributed by atoms with Gasteiger partial charge in [0.05, 0.1) is 7.11 Å². The van der Waals surface area contributed by atoms with Gasteiger partial charge in [-0.1, -0.05) is 18.2 Å². The number of ether oxygens (including phenoxy) is 2. The van der Waals surface area contributed by atoms with Crippen LogP contribution in [0.4, 0.5) is 0 Å². The third kappa shape index (κ3) is 5.20. The lowest BCUT2D eigenvalue weighted by Crippen LogP contribution is -2.30. The summed E-state index contributed by atoms with van der Waals surface area (Å²) in [5, 5.41) is 6.04. The molecule has 6 heteroatoms. The summed E-state index contributed by atoms with van der Waals surface area (Å²) in [5.74, 6) is 0.00715. The van der Waals surface area contributed by atoms with E-state index in [9.17, 15) is 9.59 Å². The quantitative estimate of drug-likeness (QED) is 0.446. The van der Waals surface area contributed by atoms with Crippen LogP contribution in [-0.2, 0) is 20.9 Å². The highest BCUT2D eigenvalue weighted by molar-refractivity contribution is 7.07. The molecule has 0 atom stereocenters. The second kappa shape index (κ2) is 9.19. The van der Waals surface area contributed by atoms with E-state index in [2.05, 4.69) is 0 Å². The average molecular weight is 395 g/mol. The van der Waals surface area contributed by atoms with Crippen LogP contribution in [0, 0.1) is 0 Å². The number of likely N-dealkylation sites (N-methyl/N-ethyl adjacent to an activating group) is 1. The standard InChI is InChI=1S/C22H21NO4S/c1-23(13-17-9-10-28-15-17)21(24)14-27-22(25)8-4-16-3-5-19-12-20(26-2)7-6-18(19)11-16/h3-12,15H,13-14H2,1-2H3/b8-4+. The Morgan fingerprint density at radius 3 is 2.64 bits per heavy atom. The number of methoxy groups -OCH3 is 1. The lowest BCUT2D eigenvalue weighted by Gasteiger charge is -2.15. The SMILES string of the molecule is COc1ccc2cc(/C=C/C(=O)OCC(=O)N(C)Cc3ccsc3)ccc2c1. The Balaban J connectivity index is 1.53. The van der Waals surface area contributed by atoms with Crippen molar-refractivity contribution in [3.05, 3.63) is 70.4 Å². The molecule has 0 radical (unpaired) electrons. The maximum Gasteiger partial charge on any atom is 0.331 e. The molecule has 3 rings (SSSR count). The molecule has 0 saturated carbocycles. The van der Waals surface area contributed by atoms with Crippen molar-refractivity contribution in [2.75, 3.05) is 20.8 Å². The van der Waals surface area contributed by atoms with Gasteiger partial charge in [-0.15, -0.1) is 0 Å². The van der Waals surface area contributed by atoms with Crippen molar-refractivity contribution >= 4 is 40.1 Å². The van der Waals surface area contributed by atoms with Crippen LogP contribution < -0.4 is 4.74 Å². The number of esters is 1. The zero-order valence-electron chi connectivity index (χ0n) is 15.8. The number of fused-ring (bicyclic) bond motifs is 1. The monoisotopic (exact) mass is 395 g/mol. The second-order valence-corrected chi connectivity index (χ2v) is 7.07. The van der Waals surface area contributed by atoms with E-state index in [0.29, 0.717) is 6.54 Å². The Morgan fingerprint density at radius 2 is 1.89 bits per heavy atom. The van der Waals surface area contributed by atoms with Gasteiger partial charge in [-0.25, -0.2) is 4.79 Å². The van der Waals surface area contributed by atoms with Gasteiger partial charge in [0.15, 0.2) is 6.61 Å². The highest BCUT2D eigenvalue weighted by Gasteiger charge is 2.11. The molecule has 2 aromatic carbocycles. The van der Waals surface area contributed by atoms with Crippen molar-refractivity contribution in [1.29, 1.82) is 0 Å². The molecule has 3 aromatic rings. The number of hydrogen-bond donors (Lipinski definition) is 0. The Bertz CT molecular complexity index is 995. The zero-order valence-corrected chi connectivity index (χ0v) is 16.6. The molecule has 0 aliphatic heterocycles. The number of amides is 1. The average Bonchev–Trinajstić information content (AvgIpc) is 3.22. The van der Waals surface area contributed by atoms with Crippen LogP contribution in [0.3, 0.4) is 0 Å². The fourth-order valence-corrected chi connectivity index (χ4v) is 3.33. The summed E-state index contributed by atoms with van der Waals surface area (Å²) in [7, 11) is 3.32. The summed E-state index contributed by atoms with van der Waals surface area (Å²) in [6.45, 7) is 0.221. The predicted octanol–water partition coefficient (Wildman–Crippen LogP) is 4.12. The summed E-state index contributed by atoms with van der Waals surface area (Å²) in [6, 6.07) is 13.6. The molecule has 0 fully saturated rings. The summed E-state index contributed by atoms with van der Waals surface area (Å²) >= 11 is 1.58. The number of hydrogen-bond acceptors (Lipinski definition) is 5. The summed E-state index contributed by atoms with van der Waals surface area (Å²) in [4.78, 5) is 25.5. The number of carbonyl (C=O) groups is 2. The van der Waals surface area contributed by atoms with Crippen LogP contribution in [0.5, 0.6) is 5.75 Å². The minimum atomic E-state index is -0.549. The molecule has 0 aliphatic carbocycles. The number of benzene rings is 2. The highest BCUT2D eigenvalue weighted by atomic mass is 32.1. The molecule has 0 N–H and O–H groups in total. The molecule has 28 heavy (non-hydrogen) atoms. The summed E-state index contributed by atoms with van der Waals surface area (Å²) in [5.41, 5.74) is 1.93. The third-order valence-electron chi connectivity index (χ3n) is 4.25. The van der Waals surface area contributed by atoms with E-state index in [4.69, 9.17) is 9.47 Å². The van der Waals surface area contributed by atoms with Crippen LogP contribution >= 0.6 is 11.3 Å². The van der Waals surface area contributed by atoms with Crippen molar-refractivity contribution in [2.24, 2.45) is 0 Å². The van der Waals surface area contributed by atoms with Crippen molar-refractivity contribution in [2.45, 2.75) is 6.54 Å². The van der Waals surface area contributed by atoms with Gasteiger partial charge in [0.1, 0.15) is 5.75 Å². The van der Waals surface area contributed by atoms with Crippen LogP contribution in [-0.4, -0.2) is 37.5 Å². The van der Waals surface area contributed by atoms with E-state index in [1.165, 1.54) is 11.0 Å². The van der Waals surface area contributed by atoms with E-state index in [1.54, 1.807) is 31.6 Å². The Kier molecular flexibility index (Phi) is 6.45. The van der Waals surface area contributed by atoms with Crippen LogP contribution in [0.1, 0.15) is 11.1 Å². The first kappa shape index (κ1) is 19.6. The van der Waals surface area contributed by atoms with Gasteiger partial charge < -0.3 is 14.4 Å². The molecule has 0 saturated heterocycles. The molecule has 5 nitrogen and oxygen atoms in total. The lowest BCUT2D eigenvalue weighted by atomic mass is 10.1. The topological polar surface area (TPSA) is 55.8 Å². The van der Waals surface area contributed by atoms with Crippen molar-refractivity contribution in [3.8, 4) is 5.75 Å². The van der Waals surface area contributed by atoms with Crippen molar-refractivity contribution in [3.63, 3.8) is 0 Å². The molecule has 144 valence electrons. The second-order valence-electron chi connectivity index (χ2n) is 6.29. The largest absolute Gasteiger partial charge is 0.497 e. The van der Waals surface area contributed by atoms with Crippen molar-refractivity contribution < 1.29 is 19.1 Å². The molecule has 0 spiro atoms. The predicted molar refractivity (Wildman–Crippen MR) is 111 cm³/mol. The Labute approximate surface area is 167 Å². The number of rotatable bonds is 7. The first-order valence-corrected chi connectivity index (χ1v) is 9.67. The number of carbonyl (C=O) groups excluding carboxylic acids is 2. The van der Waals surface area contributed by atoms with Gasteiger partial charge >= 0.3 is 5.97 Å². The smallest absolute Gasteiger partial charge is 0.331 e. The molecule has 0 unspecified atom stereocenters. The minimum absolute atomic E-state index is 0.243. The fraction of sp³-hybridized carbons (Fsp3) is 0.182. The van der Waals surface area contributed by atoms with Crippen molar-refractivity contribution in [1.82, 2.24) is 4.90 Å². The number of thiophene rings is 1. The van der Waals surface area contributed by atoms with Crippen LogP contribution in [0.2, 0.25) is 0 Å². The van der Waals surface area contributed by atoms with Crippen LogP contribution in [0.15, 0.2) is 59.3 Å². The third-order valence-corrected chi connectivity index (χ3v) is 4.98. The summed E-state index contributed by atoms with van der Waals surface area (Å²) in [6.07, 6.45) is 3.00. The lowest BCUT2D eigenvalue weighted by molar-refractivity contribution is -0.147. The Hall–Kier alpha value is -3.12. The first-order chi connectivity index (χ1) is 13.5. The molecule has 1 heterocycles. The fourth-order valence-electron chi connectivity index (χ4n) is 2.67. The van der Waals surface area contributed by atoms with E-state index in [1.807, 2.05) is 53.2 Å². The molecular weight excluding hydrogens is 374 g/mol. The van der Waals surface area contributed by atoms with Gasteiger partial charge in [-0.3, -0.25) is 4.79 Å². The highest BCUT2D eigenvalue weighted by Crippen LogP contribution is 2.22. The molecule has 0 bridgehead atoms. The molecular formula is C22H21NO4S.